The van der Waals surface area contributed by atoms with Gasteiger partial charge in [-0.3, -0.25) is 11.3 Å². The molecule has 18 heavy (non-hydrogen) atoms. The molecule has 1 atom stereocenters. The fraction of sp³-hybridized carbons (Fsp3) is 0.308. The molecule has 1 unspecified atom stereocenters. The van der Waals surface area contributed by atoms with Gasteiger partial charge in [0.2, 0.25) is 0 Å². The zero-order valence-corrected chi connectivity index (χ0v) is 11.0. The van der Waals surface area contributed by atoms with Crippen molar-refractivity contribution < 1.29 is 4.39 Å². The fourth-order valence-corrected chi connectivity index (χ4v) is 2.68. The Morgan fingerprint density at radius 1 is 1.39 bits per heavy atom. The molecule has 1 heterocycles. The Hall–Kier alpha value is -1.30. The van der Waals surface area contributed by atoms with Crippen LogP contribution in [0.5, 0.6) is 0 Å². The van der Waals surface area contributed by atoms with Crippen LogP contribution in [0.15, 0.2) is 29.6 Å². The van der Waals surface area contributed by atoms with E-state index in [0.29, 0.717) is 18.4 Å². The average molecular weight is 265 g/mol. The molecule has 3 nitrogen and oxygen atoms in total. The number of thiazole rings is 1. The van der Waals surface area contributed by atoms with Crippen LogP contribution >= 0.6 is 11.3 Å². The van der Waals surface area contributed by atoms with Crippen molar-refractivity contribution in [1.82, 2.24) is 10.4 Å². The lowest BCUT2D eigenvalue weighted by molar-refractivity contribution is 0.505. The molecule has 0 saturated carbocycles. The van der Waals surface area contributed by atoms with Gasteiger partial charge in [0, 0.05) is 23.5 Å². The number of nitrogens with one attached hydrogen (secondary N) is 1. The fourth-order valence-electron chi connectivity index (χ4n) is 1.83. The number of aromatic nitrogens is 1. The maximum absolute atomic E-state index is 13.5. The SMILES string of the molecule is Cc1csc(CC(Cc2ccccc2F)NN)n1. The first kappa shape index (κ1) is 13.1. The number of benzene rings is 1. The second-order valence-electron chi connectivity index (χ2n) is 4.25. The summed E-state index contributed by atoms with van der Waals surface area (Å²) in [7, 11) is 0. The maximum atomic E-state index is 13.5. The third-order valence-corrected chi connectivity index (χ3v) is 3.74. The summed E-state index contributed by atoms with van der Waals surface area (Å²) < 4.78 is 13.5. The number of nitrogens with zero attached hydrogens (tertiary/aromatic N) is 1. The van der Waals surface area contributed by atoms with Crippen LogP contribution in [0.4, 0.5) is 4.39 Å². The van der Waals surface area contributed by atoms with Crippen LogP contribution in [0.1, 0.15) is 16.3 Å². The van der Waals surface area contributed by atoms with E-state index in [1.54, 1.807) is 23.5 Å². The van der Waals surface area contributed by atoms with Crippen molar-refractivity contribution in [3.05, 3.63) is 51.7 Å². The van der Waals surface area contributed by atoms with Crippen molar-refractivity contribution in [2.45, 2.75) is 25.8 Å². The molecule has 0 bridgehead atoms. The highest BCUT2D eigenvalue weighted by Gasteiger charge is 2.13. The van der Waals surface area contributed by atoms with E-state index in [-0.39, 0.29) is 11.9 Å². The van der Waals surface area contributed by atoms with E-state index in [0.717, 1.165) is 10.7 Å². The predicted molar refractivity (Wildman–Crippen MR) is 71.8 cm³/mol. The summed E-state index contributed by atoms with van der Waals surface area (Å²) >= 11 is 1.61. The molecule has 0 spiro atoms. The number of nitrogens with two attached hydrogens (primary N) is 1. The first-order chi connectivity index (χ1) is 8.69. The Labute approximate surface area is 110 Å². The molecule has 2 rings (SSSR count). The van der Waals surface area contributed by atoms with E-state index in [4.69, 9.17) is 5.84 Å². The first-order valence-electron chi connectivity index (χ1n) is 5.79. The number of halogens is 1. The van der Waals surface area contributed by atoms with Crippen molar-refractivity contribution in [3.63, 3.8) is 0 Å². The molecule has 1 aromatic heterocycles. The van der Waals surface area contributed by atoms with Gasteiger partial charge < -0.3 is 0 Å². The van der Waals surface area contributed by atoms with Crippen LogP contribution in [0.25, 0.3) is 0 Å². The van der Waals surface area contributed by atoms with Crippen LogP contribution in [-0.2, 0) is 12.8 Å². The van der Waals surface area contributed by atoms with Crippen LogP contribution in [0.3, 0.4) is 0 Å². The highest BCUT2D eigenvalue weighted by Crippen LogP contribution is 2.14. The Bertz CT molecular complexity index is 512. The molecule has 0 fully saturated rings. The minimum absolute atomic E-state index is 0.00699. The monoisotopic (exact) mass is 265 g/mol. The van der Waals surface area contributed by atoms with E-state index < -0.39 is 0 Å². The van der Waals surface area contributed by atoms with Gasteiger partial charge in [-0.1, -0.05) is 18.2 Å². The number of hydrogen-bond acceptors (Lipinski definition) is 4. The largest absolute Gasteiger partial charge is 0.271 e. The first-order valence-corrected chi connectivity index (χ1v) is 6.67. The number of hydrazine groups is 1. The summed E-state index contributed by atoms with van der Waals surface area (Å²) in [6.45, 7) is 1.96. The Balaban J connectivity index is 2.04. The smallest absolute Gasteiger partial charge is 0.126 e. The van der Waals surface area contributed by atoms with Gasteiger partial charge in [-0.25, -0.2) is 9.37 Å². The Morgan fingerprint density at radius 2 is 2.17 bits per heavy atom. The van der Waals surface area contributed by atoms with Gasteiger partial charge in [0.1, 0.15) is 5.82 Å². The molecule has 0 aliphatic heterocycles. The lowest BCUT2D eigenvalue weighted by atomic mass is 10.0. The second kappa shape index (κ2) is 6.04. The van der Waals surface area contributed by atoms with Gasteiger partial charge in [0.15, 0.2) is 0 Å². The summed E-state index contributed by atoms with van der Waals surface area (Å²) in [6, 6.07) is 6.77. The Morgan fingerprint density at radius 3 is 2.78 bits per heavy atom. The standard InChI is InChI=1S/C13H16FN3S/c1-9-8-18-13(16-9)7-11(17-15)6-10-4-2-3-5-12(10)14/h2-5,8,11,17H,6-7,15H2,1H3. The van der Waals surface area contributed by atoms with Gasteiger partial charge in [0.25, 0.3) is 0 Å². The molecule has 3 N–H and O–H groups in total. The van der Waals surface area contributed by atoms with E-state index in [1.165, 1.54) is 6.07 Å². The number of rotatable bonds is 5. The van der Waals surface area contributed by atoms with Crippen molar-refractivity contribution >= 4 is 11.3 Å². The highest BCUT2D eigenvalue weighted by atomic mass is 32.1. The maximum Gasteiger partial charge on any atom is 0.126 e. The van der Waals surface area contributed by atoms with Gasteiger partial charge >= 0.3 is 0 Å². The van der Waals surface area contributed by atoms with Crippen LogP contribution < -0.4 is 11.3 Å². The highest BCUT2D eigenvalue weighted by molar-refractivity contribution is 7.09. The number of hydrogen-bond donors (Lipinski definition) is 2. The summed E-state index contributed by atoms with van der Waals surface area (Å²) in [5, 5.41) is 3.03. The molecule has 5 heteroatoms. The summed E-state index contributed by atoms with van der Waals surface area (Å²) in [4.78, 5) is 4.39. The molecule has 2 aromatic rings. The van der Waals surface area contributed by atoms with Crippen molar-refractivity contribution in [1.29, 1.82) is 0 Å². The van der Waals surface area contributed by atoms with Crippen LogP contribution in [0, 0.1) is 12.7 Å². The summed E-state index contributed by atoms with van der Waals surface area (Å²) in [5.41, 5.74) is 4.42. The molecule has 0 aliphatic rings. The molecular formula is C13H16FN3S. The van der Waals surface area contributed by atoms with E-state index in [1.807, 2.05) is 18.4 Å². The van der Waals surface area contributed by atoms with Gasteiger partial charge in [-0.2, -0.15) is 0 Å². The van der Waals surface area contributed by atoms with Crippen LogP contribution in [-0.4, -0.2) is 11.0 Å². The van der Waals surface area contributed by atoms with Crippen molar-refractivity contribution in [2.24, 2.45) is 5.84 Å². The second-order valence-corrected chi connectivity index (χ2v) is 5.19. The van der Waals surface area contributed by atoms with Gasteiger partial charge in [-0.15, -0.1) is 11.3 Å². The molecule has 0 aliphatic carbocycles. The van der Waals surface area contributed by atoms with E-state index in [2.05, 4.69) is 10.4 Å². The zero-order valence-electron chi connectivity index (χ0n) is 10.2. The van der Waals surface area contributed by atoms with Crippen molar-refractivity contribution in [2.75, 3.05) is 0 Å². The van der Waals surface area contributed by atoms with Gasteiger partial charge in [-0.05, 0) is 25.0 Å². The van der Waals surface area contributed by atoms with E-state index in [9.17, 15) is 4.39 Å². The lowest BCUT2D eigenvalue weighted by Gasteiger charge is -2.14. The summed E-state index contributed by atoms with van der Waals surface area (Å²) in [6.07, 6.45) is 1.27. The van der Waals surface area contributed by atoms with Crippen molar-refractivity contribution in [3.8, 4) is 0 Å². The molecule has 96 valence electrons. The van der Waals surface area contributed by atoms with Gasteiger partial charge in [0.05, 0.1) is 5.01 Å². The zero-order chi connectivity index (χ0) is 13.0. The molecule has 1 aromatic carbocycles. The Kier molecular flexibility index (Phi) is 4.41. The molecular weight excluding hydrogens is 249 g/mol. The third-order valence-electron chi connectivity index (χ3n) is 2.75. The molecule has 0 radical (unpaired) electrons. The normalized spacial score (nSPS) is 12.6. The number of aryl methyl sites for hydroxylation is 1. The van der Waals surface area contributed by atoms with E-state index >= 15 is 0 Å². The predicted octanol–water partition coefficient (Wildman–Crippen LogP) is 2.21. The topological polar surface area (TPSA) is 50.9 Å². The van der Waals surface area contributed by atoms with Crippen LogP contribution in [0.2, 0.25) is 0 Å². The minimum atomic E-state index is -0.187. The lowest BCUT2D eigenvalue weighted by Crippen LogP contribution is -2.38. The average Bonchev–Trinajstić information content (AvgIpc) is 2.76. The minimum Gasteiger partial charge on any atom is -0.271 e. The quantitative estimate of drug-likeness (QED) is 0.644. The molecule has 0 saturated heterocycles. The third kappa shape index (κ3) is 3.35. The summed E-state index contributed by atoms with van der Waals surface area (Å²) in [5.74, 6) is 5.34. The molecule has 0 amide bonds.